The first-order valence-corrected chi connectivity index (χ1v) is 7.73. The summed E-state index contributed by atoms with van der Waals surface area (Å²) in [7, 11) is 1.60. The molecule has 2 rings (SSSR count). The summed E-state index contributed by atoms with van der Waals surface area (Å²) in [5.41, 5.74) is 0.952. The maximum Gasteiger partial charge on any atom is 0.258 e. The lowest BCUT2D eigenvalue weighted by Crippen LogP contribution is -2.28. The van der Waals surface area contributed by atoms with E-state index in [9.17, 15) is 4.79 Å². The van der Waals surface area contributed by atoms with Crippen molar-refractivity contribution in [2.45, 2.75) is 6.54 Å². The first-order chi connectivity index (χ1) is 10.6. The Balaban J connectivity index is 1.84. The average Bonchev–Trinajstić information content (AvgIpc) is 2.54. The Bertz CT molecular complexity index is 664. The van der Waals surface area contributed by atoms with Crippen LogP contribution in [0.4, 0.5) is 0 Å². The van der Waals surface area contributed by atoms with E-state index in [2.05, 4.69) is 21.2 Å². The number of halogens is 2. The minimum atomic E-state index is -0.223. The highest BCUT2D eigenvalue weighted by molar-refractivity contribution is 9.10. The van der Waals surface area contributed by atoms with E-state index in [1.807, 2.05) is 24.3 Å². The van der Waals surface area contributed by atoms with Crippen LogP contribution in [0.25, 0.3) is 0 Å². The van der Waals surface area contributed by atoms with E-state index in [4.69, 9.17) is 21.1 Å². The van der Waals surface area contributed by atoms with Gasteiger partial charge in [0.2, 0.25) is 0 Å². The molecule has 1 N–H and O–H groups in total. The van der Waals surface area contributed by atoms with Crippen molar-refractivity contribution in [3.8, 4) is 11.5 Å². The van der Waals surface area contributed by atoms with Crippen molar-refractivity contribution in [2.75, 3.05) is 13.7 Å². The first-order valence-electron chi connectivity index (χ1n) is 6.56. The molecule has 0 bridgehead atoms. The average molecular weight is 385 g/mol. The summed E-state index contributed by atoms with van der Waals surface area (Å²) in [5.74, 6) is 0.996. The van der Waals surface area contributed by atoms with E-state index in [-0.39, 0.29) is 12.5 Å². The van der Waals surface area contributed by atoms with Gasteiger partial charge >= 0.3 is 0 Å². The highest BCUT2D eigenvalue weighted by Gasteiger charge is 2.07. The molecule has 6 heteroatoms. The smallest absolute Gasteiger partial charge is 0.258 e. The van der Waals surface area contributed by atoms with Crippen LogP contribution < -0.4 is 14.8 Å². The van der Waals surface area contributed by atoms with Crippen molar-refractivity contribution in [2.24, 2.45) is 0 Å². The molecule has 0 saturated heterocycles. The van der Waals surface area contributed by atoms with Crippen LogP contribution in [0.3, 0.4) is 0 Å². The van der Waals surface area contributed by atoms with Crippen molar-refractivity contribution in [1.29, 1.82) is 0 Å². The molecule has 0 fully saturated rings. The molecular weight excluding hydrogens is 370 g/mol. The summed E-state index contributed by atoms with van der Waals surface area (Å²) in [6.07, 6.45) is 0. The van der Waals surface area contributed by atoms with Crippen LogP contribution in [0.2, 0.25) is 5.02 Å². The third-order valence-electron chi connectivity index (χ3n) is 2.88. The van der Waals surface area contributed by atoms with Crippen molar-refractivity contribution in [1.82, 2.24) is 5.32 Å². The summed E-state index contributed by atoms with van der Waals surface area (Å²) in [6.45, 7) is 0.311. The zero-order chi connectivity index (χ0) is 15.9. The number of benzene rings is 2. The maximum atomic E-state index is 11.8. The minimum absolute atomic E-state index is 0.0971. The van der Waals surface area contributed by atoms with Crippen molar-refractivity contribution >= 4 is 33.4 Å². The topological polar surface area (TPSA) is 47.6 Å². The van der Waals surface area contributed by atoms with Gasteiger partial charge in [0.1, 0.15) is 11.5 Å². The third-order valence-corrected chi connectivity index (χ3v) is 3.68. The zero-order valence-corrected chi connectivity index (χ0v) is 14.3. The van der Waals surface area contributed by atoms with E-state index < -0.39 is 0 Å². The molecule has 2 aromatic carbocycles. The molecule has 2 aromatic rings. The normalized spacial score (nSPS) is 10.1. The van der Waals surface area contributed by atoms with Gasteiger partial charge in [-0.15, -0.1) is 0 Å². The molecule has 0 aliphatic carbocycles. The van der Waals surface area contributed by atoms with Gasteiger partial charge in [-0.1, -0.05) is 39.7 Å². The molecule has 0 unspecified atom stereocenters. The van der Waals surface area contributed by atoms with Gasteiger partial charge < -0.3 is 14.8 Å². The second kappa shape index (κ2) is 8.06. The fourth-order valence-corrected chi connectivity index (χ4v) is 2.28. The molecule has 1 amide bonds. The summed E-state index contributed by atoms with van der Waals surface area (Å²) in [5, 5.41) is 3.24. The SMILES string of the molecule is COc1cccc(CNC(=O)COc2cc(Br)ccc2Cl)c1. The number of carbonyl (C=O) groups is 1. The molecule has 4 nitrogen and oxygen atoms in total. The fraction of sp³-hybridized carbons (Fsp3) is 0.188. The van der Waals surface area contributed by atoms with Crippen LogP contribution in [0.5, 0.6) is 11.5 Å². The van der Waals surface area contributed by atoms with E-state index in [0.29, 0.717) is 17.3 Å². The largest absolute Gasteiger partial charge is 0.497 e. The predicted octanol–water partition coefficient (Wildman–Crippen LogP) is 3.81. The first kappa shape index (κ1) is 16.6. The van der Waals surface area contributed by atoms with Crippen LogP contribution in [-0.2, 0) is 11.3 Å². The van der Waals surface area contributed by atoms with Crippen molar-refractivity contribution in [3.63, 3.8) is 0 Å². The molecular formula is C16H15BrClNO3. The van der Waals surface area contributed by atoms with E-state index in [1.54, 1.807) is 25.3 Å². The lowest BCUT2D eigenvalue weighted by molar-refractivity contribution is -0.123. The Morgan fingerprint density at radius 2 is 2.09 bits per heavy atom. The van der Waals surface area contributed by atoms with Crippen molar-refractivity contribution < 1.29 is 14.3 Å². The molecule has 0 spiro atoms. The van der Waals surface area contributed by atoms with Gasteiger partial charge in [-0.3, -0.25) is 4.79 Å². The predicted molar refractivity (Wildman–Crippen MR) is 89.5 cm³/mol. The van der Waals surface area contributed by atoms with Gasteiger partial charge in [-0.25, -0.2) is 0 Å². The molecule has 0 atom stereocenters. The Labute approximate surface area is 142 Å². The second-order valence-electron chi connectivity index (χ2n) is 4.49. The molecule has 0 heterocycles. The third kappa shape index (κ3) is 4.93. The Hall–Kier alpha value is -1.72. The highest BCUT2D eigenvalue weighted by Crippen LogP contribution is 2.27. The van der Waals surface area contributed by atoms with Gasteiger partial charge in [0.05, 0.1) is 12.1 Å². The Morgan fingerprint density at radius 3 is 2.86 bits per heavy atom. The molecule has 0 saturated carbocycles. The molecule has 116 valence electrons. The number of methoxy groups -OCH3 is 1. The quantitative estimate of drug-likeness (QED) is 0.824. The van der Waals surface area contributed by atoms with Gasteiger partial charge in [0.15, 0.2) is 6.61 Å². The molecule has 0 aliphatic rings. The lowest BCUT2D eigenvalue weighted by atomic mass is 10.2. The van der Waals surface area contributed by atoms with Crippen LogP contribution in [-0.4, -0.2) is 19.6 Å². The molecule has 0 radical (unpaired) electrons. The Morgan fingerprint density at radius 1 is 1.27 bits per heavy atom. The van der Waals surface area contributed by atoms with Crippen molar-refractivity contribution in [3.05, 3.63) is 57.5 Å². The summed E-state index contributed by atoms with van der Waals surface area (Å²) in [4.78, 5) is 11.8. The number of hydrogen-bond acceptors (Lipinski definition) is 3. The van der Waals surface area contributed by atoms with Gasteiger partial charge in [-0.2, -0.15) is 0 Å². The number of carbonyl (C=O) groups excluding carboxylic acids is 1. The van der Waals surface area contributed by atoms with Gasteiger partial charge in [-0.05, 0) is 35.9 Å². The number of rotatable bonds is 6. The standard InChI is InChI=1S/C16H15BrClNO3/c1-21-13-4-2-3-11(7-13)9-19-16(20)10-22-15-8-12(17)5-6-14(15)18/h2-8H,9-10H2,1H3,(H,19,20). The van der Waals surface area contributed by atoms with E-state index in [0.717, 1.165) is 15.8 Å². The number of ether oxygens (including phenoxy) is 2. The van der Waals surface area contributed by atoms with Crippen LogP contribution >= 0.6 is 27.5 Å². The molecule has 0 aliphatic heterocycles. The zero-order valence-electron chi connectivity index (χ0n) is 11.9. The van der Waals surface area contributed by atoms with Crippen LogP contribution in [0, 0.1) is 0 Å². The number of nitrogens with one attached hydrogen (secondary N) is 1. The fourth-order valence-electron chi connectivity index (χ4n) is 1.77. The summed E-state index contributed by atoms with van der Waals surface area (Å²) >= 11 is 9.32. The summed E-state index contributed by atoms with van der Waals surface area (Å²) < 4.78 is 11.4. The lowest BCUT2D eigenvalue weighted by Gasteiger charge is -2.09. The Kier molecular flexibility index (Phi) is 6.10. The minimum Gasteiger partial charge on any atom is -0.497 e. The molecule has 0 aromatic heterocycles. The van der Waals surface area contributed by atoms with Gasteiger partial charge in [0, 0.05) is 11.0 Å². The maximum absolute atomic E-state index is 11.8. The van der Waals surface area contributed by atoms with Gasteiger partial charge in [0.25, 0.3) is 5.91 Å². The highest BCUT2D eigenvalue weighted by atomic mass is 79.9. The monoisotopic (exact) mass is 383 g/mol. The summed E-state index contributed by atoms with van der Waals surface area (Å²) in [6, 6.07) is 12.7. The second-order valence-corrected chi connectivity index (χ2v) is 5.81. The van der Waals surface area contributed by atoms with Crippen LogP contribution in [0.1, 0.15) is 5.56 Å². The molecule has 22 heavy (non-hydrogen) atoms. The van der Waals surface area contributed by atoms with E-state index >= 15 is 0 Å². The number of amides is 1. The van der Waals surface area contributed by atoms with E-state index in [1.165, 1.54) is 0 Å². The number of hydrogen-bond donors (Lipinski definition) is 1. The van der Waals surface area contributed by atoms with Crippen LogP contribution in [0.15, 0.2) is 46.9 Å².